The number of hydrogen-bond donors (Lipinski definition) is 0. The topological polar surface area (TPSA) is 34.9 Å². The maximum atomic E-state index is 9.95. The molecule has 3 nitrogen and oxygen atoms in total. The van der Waals surface area contributed by atoms with E-state index in [0.717, 1.165) is 18.4 Å². The van der Waals surface area contributed by atoms with Crippen LogP contribution >= 0.6 is 0 Å². The van der Waals surface area contributed by atoms with Crippen molar-refractivity contribution in [1.29, 1.82) is 0 Å². The van der Waals surface area contributed by atoms with Crippen molar-refractivity contribution in [1.82, 2.24) is 9.55 Å². The van der Waals surface area contributed by atoms with Crippen LogP contribution in [0.25, 0.3) is 0 Å². The number of aromatic nitrogens is 2. The summed E-state index contributed by atoms with van der Waals surface area (Å²) in [4.78, 5) is 14.0. The molecule has 1 rings (SSSR count). The molecule has 0 saturated carbocycles. The van der Waals surface area contributed by atoms with Crippen LogP contribution in [-0.4, -0.2) is 15.8 Å². The van der Waals surface area contributed by atoms with Crippen molar-refractivity contribution >= 4 is 6.29 Å². The molecule has 0 saturated heterocycles. The summed E-state index contributed by atoms with van der Waals surface area (Å²) in [6.45, 7) is 0. The third-order valence-corrected chi connectivity index (χ3v) is 1.28. The monoisotopic (exact) mass is 138 g/mol. The molecule has 1 aromatic heterocycles. The van der Waals surface area contributed by atoms with E-state index < -0.39 is 0 Å². The van der Waals surface area contributed by atoms with Crippen molar-refractivity contribution in [2.45, 2.75) is 12.8 Å². The van der Waals surface area contributed by atoms with Gasteiger partial charge in [-0.15, -0.1) is 0 Å². The standard InChI is InChI=1S/C7H10N2O/c1-9-5-7(8-6-9)3-2-4-10/h4-6H,2-3H2,1H3. The Hall–Kier alpha value is -1.12. The van der Waals surface area contributed by atoms with Crippen LogP contribution in [0.3, 0.4) is 0 Å². The van der Waals surface area contributed by atoms with Crippen LogP contribution in [0.5, 0.6) is 0 Å². The van der Waals surface area contributed by atoms with Crippen molar-refractivity contribution in [3.8, 4) is 0 Å². The number of aldehydes is 1. The smallest absolute Gasteiger partial charge is 0.120 e. The van der Waals surface area contributed by atoms with Crippen molar-refractivity contribution in [3.05, 3.63) is 18.2 Å². The Labute approximate surface area is 59.7 Å². The molecule has 0 aromatic carbocycles. The summed E-state index contributed by atoms with van der Waals surface area (Å²) in [5.41, 5.74) is 0.981. The molecule has 1 aromatic rings. The fourth-order valence-corrected chi connectivity index (χ4v) is 0.803. The summed E-state index contributed by atoms with van der Waals surface area (Å²) < 4.78 is 1.88. The van der Waals surface area contributed by atoms with Crippen molar-refractivity contribution in [3.63, 3.8) is 0 Å². The predicted molar refractivity (Wildman–Crippen MR) is 37.6 cm³/mol. The van der Waals surface area contributed by atoms with E-state index in [1.54, 1.807) is 6.33 Å². The molecule has 0 fully saturated rings. The molecule has 0 amide bonds. The minimum Gasteiger partial charge on any atom is -0.340 e. The van der Waals surface area contributed by atoms with Crippen LogP contribution in [0, 0.1) is 0 Å². The van der Waals surface area contributed by atoms with Gasteiger partial charge in [0.05, 0.1) is 12.0 Å². The summed E-state index contributed by atoms with van der Waals surface area (Å²) in [5.74, 6) is 0. The molecule has 54 valence electrons. The predicted octanol–water partition coefficient (Wildman–Crippen LogP) is 0.552. The first-order chi connectivity index (χ1) is 4.83. The number of nitrogens with zero attached hydrogens (tertiary/aromatic N) is 2. The minimum atomic E-state index is 0.566. The largest absolute Gasteiger partial charge is 0.340 e. The highest BCUT2D eigenvalue weighted by Crippen LogP contribution is 1.96. The molecule has 0 aliphatic carbocycles. The number of hydrogen-bond acceptors (Lipinski definition) is 2. The zero-order valence-corrected chi connectivity index (χ0v) is 5.95. The number of aryl methyl sites for hydroxylation is 2. The Balaban J connectivity index is 2.49. The zero-order chi connectivity index (χ0) is 7.40. The number of rotatable bonds is 3. The van der Waals surface area contributed by atoms with Gasteiger partial charge < -0.3 is 9.36 Å². The fourth-order valence-electron chi connectivity index (χ4n) is 0.803. The molecule has 0 aliphatic heterocycles. The molecule has 0 atom stereocenters. The van der Waals surface area contributed by atoms with Gasteiger partial charge in [0.1, 0.15) is 6.29 Å². The second-order valence-corrected chi connectivity index (χ2v) is 2.24. The molecular weight excluding hydrogens is 128 g/mol. The van der Waals surface area contributed by atoms with Crippen LogP contribution in [0.15, 0.2) is 12.5 Å². The molecule has 3 heteroatoms. The zero-order valence-electron chi connectivity index (χ0n) is 5.95. The van der Waals surface area contributed by atoms with Gasteiger partial charge in [0.2, 0.25) is 0 Å². The number of imidazole rings is 1. The van der Waals surface area contributed by atoms with Gasteiger partial charge in [0, 0.05) is 19.7 Å². The van der Waals surface area contributed by atoms with Gasteiger partial charge in [0.15, 0.2) is 0 Å². The van der Waals surface area contributed by atoms with Crippen molar-refractivity contribution in [2.24, 2.45) is 7.05 Å². The van der Waals surface area contributed by atoms with Crippen LogP contribution in [0.1, 0.15) is 12.1 Å². The highest BCUT2D eigenvalue weighted by molar-refractivity contribution is 5.49. The van der Waals surface area contributed by atoms with Crippen LogP contribution < -0.4 is 0 Å². The van der Waals surface area contributed by atoms with Crippen molar-refractivity contribution < 1.29 is 4.79 Å². The summed E-state index contributed by atoms with van der Waals surface area (Å²) >= 11 is 0. The second kappa shape index (κ2) is 3.15. The van der Waals surface area contributed by atoms with Gasteiger partial charge >= 0.3 is 0 Å². The average Bonchev–Trinajstić information content (AvgIpc) is 2.31. The Bertz CT molecular complexity index is 217. The highest BCUT2D eigenvalue weighted by atomic mass is 16.1. The third-order valence-electron chi connectivity index (χ3n) is 1.28. The van der Waals surface area contributed by atoms with Gasteiger partial charge in [0.25, 0.3) is 0 Å². The van der Waals surface area contributed by atoms with E-state index >= 15 is 0 Å². The van der Waals surface area contributed by atoms with E-state index in [-0.39, 0.29) is 0 Å². The minimum absolute atomic E-state index is 0.566. The average molecular weight is 138 g/mol. The Morgan fingerprint density at radius 1 is 1.80 bits per heavy atom. The van der Waals surface area contributed by atoms with E-state index in [4.69, 9.17) is 0 Å². The number of carbonyl (C=O) groups excluding carboxylic acids is 1. The van der Waals surface area contributed by atoms with E-state index in [1.807, 2.05) is 17.8 Å². The van der Waals surface area contributed by atoms with Crippen LogP contribution in [0.2, 0.25) is 0 Å². The third kappa shape index (κ3) is 1.69. The van der Waals surface area contributed by atoms with Gasteiger partial charge in [-0.1, -0.05) is 0 Å². The molecule has 0 radical (unpaired) electrons. The summed E-state index contributed by atoms with van der Waals surface area (Å²) in [5, 5.41) is 0. The summed E-state index contributed by atoms with van der Waals surface area (Å²) in [7, 11) is 1.91. The van der Waals surface area contributed by atoms with Gasteiger partial charge in [-0.3, -0.25) is 0 Å². The van der Waals surface area contributed by atoms with Crippen LogP contribution in [0.4, 0.5) is 0 Å². The lowest BCUT2D eigenvalue weighted by molar-refractivity contribution is -0.107. The molecule has 0 aliphatic rings. The van der Waals surface area contributed by atoms with E-state index in [9.17, 15) is 4.79 Å². The lowest BCUT2D eigenvalue weighted by Gasteiger charge is -1.86. The maximum absolute atomic E-state index is 9.95. The van der Waals surface area contributed by atoms with E-state index in [0.29, 0.717) is 6.42 Å². The molecule has 0 N–H and O–H groups in total. The Kier molecular flexibility index (Phi) is 2.20. The fraction of sp³-hybridized carbons (Fsp3) is 0.429. The van der Waals surface area contributed by atoms with E-state index in [1.165, 1.54) is 0 Å². The van der Waals surface area contributed by atoms with Gasteiger partial charge in [-0.2, -0.15) is 0 Å². The lowest BCUT2D eigenvalue weighted by Crippen LogP contribution is -1.85. The quantitative estimate of drug-likeness (QED) is 0.572. The lowest BCUT2D eigenvalue weighted by atomic mass is 10.3. The Morgan fingerprint density at radius 2 is 2.60 bits per heavy atom. The highest BCUT2D eigenvalue weighted by Gasteiger charge is 1.93. The van der Waals surface area contributed by atoms with Crippen molar-refractivity contribution in [2.75, 3.05) is 0 Å². The molecule has 1 heterocycles. The first-order valence-electron chi connectivity index (χ1n) is 3.23. The molecular formula is C7H10N2O. The maximum Gasteiger partial charge on any atom is 0.120 e. The molecule has 10 heavy (non-hydrogen) atoms. The van der Waals surface area contributed by atoms with E-state index in [2.05, 4.69) is 4.98 Å². The van der Waals surface area contributed by atoms with Crippen LogP contribution in [-0.2, 0) is 18.3 Å². The van der Waals surface area contributed by atoms with Gasteiger partial charge in [-0.25, -0.2) is 4.98 Å². The second-order valence-electron chi connectivity index (χ2n) is 2.24. The first-order valence-corrected chi connectivity index (χ1v) is 3.23. The first kappa shape index (κ1) is 6.99. The molecule has 0 bridgehead atoms. The van der Waals surface area contributed by atoms with Gasteiger partial charge in [-0.05, 0) is 6.42 Å². The number of carbonyl (C=O) groups is 1. The SMILES string of the molecule is Cn1cnc(CCC=O)c1. The summed E-state index contributed by atoms with van der Waals surface area (Å²) in [6, 6.07) is 0. The normalized spacial score (nSPS) is 9.70. The summed E-state index contributed by atoms with van der Waals surface area (Å²) in [6.07, 6.45) is 5.89. The Morgan fingerprint density at radius 3 is 3.10 bits per heavy atom. The molecule has 0 unspecified atom stereocenters. The molecule has 0 spiro atoms.